The molecule has 4 aromatic carbocycles. The molecule has 1 radical (unpaired) electrons. The Kier molecular flexibility index (Phi) is 15.8. The van der Waals surface area contributed by atoms with Crippen molar-refractivity contribution in [3.63, 3.8) is 0 Å². The van der Waals surface area contributed by atoms with E-state index in [9.17, 15) is 46.9 Å². The number of primary sulfonamides is 2. The van der Waals surface area contributed by atoms with Gasteiger partial charge in [-0.15, -0.1) is 0 Å². The molecular formula is C32H30CoN8O10S2. The fourth-order valence-electron chi connectivity index (χ4n) is 3.75. The molecule has 18 nitrogen and oxygen atoms in total. The predicted octanol–water partition coefficient (Wildman–Crippen LogP) is 2.34. The van der Waals surface area contributed by atoms with Gasteiger partial charge in [0.05, 0.1) is 21.2 Å². The Bertz CT molecular complexity index is 2110. The zero-order chi connectivity index (χ0) is 38.6. The molecule has 0 aliphatic carbocycles. The smallest absolute Gasteiger partial charge is 0.860 e. The quantitative estimate of drug-likeness (QED) is 0.0919. The molecule has 4 aromatic rings. The molecule has 53 heavy (non-hydrogen) atoms. The summed E-state index contributed by atoms with van der Waals surface area (Å²) in [6.45, 7) is 2.28. The van der Waals surface area contributed by atoms with Crippen LogP contribution in [0.2, 0.25) is 0 Å². The number of hydrogen-bond acceptors (Lipinski definition) is 16. The maximum Gasteiger partial charge on any atom is 2.00 e. The topological polar surface area (TPSA) is 315 Å². The zero-order valence-electron chi connectivity index (χ0n) is 27.5. The van der Waals surface area contributed by atoms with E-state index >= 15 is 0 Å². The number of nitrogens with zero attached hydrogens (tertiary/aromatic N) is 6. The summed E-state index contributed by atoms with van der Waals surface area (Å²) in [5.41, 5.74) is 0.182. The SMILES string of the molecule is CC(=O)C(N=Nc1cc(S(N)(=O)=O)ccc1O)C([O-])=Nc1ccccc1.CC(=O)C(N=Nc1cc(S(N)(=O)=O)ccc1O)C([O-])=Nc1ccccc1.[Co+2]. The molecule has 0 saturated heterocycles. The average molecular weight is 810 g/mol. The zero-order valence-corrected chi connectivity index (χ0v) is 30.2. The number of benzene rings is 4. The summed E-state index contributed by atoms with van der Waals surface area (Å²) in [5.74, 6) is -3.68. The monoisotopic (exact) mass is 809 g/mol. The van der Waals surface area contributed by atoms with Crippen LogP contribution in [0.15, 0.2) is 137 Å². The van der Waals surface area contributed by atoms with Crippen LogP contribution in [0.3, 0.4) is 0 Å². The van der Waals surface area contributed by atoms with Crippen molar-refractivity contribution in [2.75, 3.05) is 0 Å². The van der Waals surface area contributed by atoms with E-state index in [4.69, 9.17) is 10.3 Å². The van der Waals surface area contributed by atoms with E-state index in [-0.39, 0.29) is 37.9 Å². The molecule has 4 rings (SSSR count). The number of azo groups is 2. The summed E-state index contributed by atoms with van der Waals surface area (Å²) in [6, 6.07) is 19.7. The third-order valence-corrected chi connectivity index (χ3v) is 8.16. The Morgan fingerprint density at radius 3 is 1.21 bits per heavy atom. The van der Waals surface area contributed by atoms with Crippen LogP contribution in [0.4, 0.5) is 22.7 Å². The maximum atomic E-state index is 12.2. The van der Waals surface area contributed by atoms with Crippen molar-refractivity contribution in [3.8, 4) is 11.5 Å². The molecule has 0 amide bonds. The first kappa shape index (κ1) is 43.5. The summed E-state index contributed by atoms with van der Waals surface area (Å²) >= 11 is 0. The van der Waals surface area contributed by atoms with Crippen LogP contribution in [0.25, 0.3) is 0 Å². The minimum Gasteiger partial charge on any atom is -0.860 e. The average Bonchev–Trinajstić information content (AvgIpc) is 3.06. The number of para-hydroxylation sites is 2. The molecule has 6 N–H and O–H groups in total. The normalized spacial score (nSPS) is 13.4. The Hall–Kier alpha value is -5.71. The van der Waals surface area contributed by atoms with Crippen LogP contribution in [-0.2, 0) is 46.4 Å². The van der Waals surface area contributed by atoms with Gasteiger partial charge in [0.15, 0.2) is 23.7 Å². The van der Waals surface area contributed by atoms with Gasteiger partial charge < -0.3 is 20.4 Å². The van der Waals surface area contributed by atoms with E-state index in [1.54, 1.807) is 60.7 Å². The fourth-order valence-corrected chi connectivity index (χ4v) is 4.82. The van der Waals surface area contributed by atoms with Gasteiger partial charge in [-0.2, -0.15) is 20.5 Å². The Morgan fingerprint density at radius 2 is 0.925 bits per heavy atom. The molecular weight excluding hydrogens is 779 g/mol. The Morgan fingerprint density at radius 1 is 0.604 bits per heavy atom. The second kappa shape index (κ2) is 19.2. The van der Waals surface area contributed by atoms with E-state index in [1.165, 1.54) is 0 Å². The minimum absolute atomic E-state index is 0. The standard InChI is InChI=1S/2C16H16N4O5S.Co/c2*1-10(21)15(16(23)18-11-5-3-2-4-6-11)20-19-13-9-12(26(17,24)25)7-8-14(13)22;/h2*2-9,15,22H,1H3,(H,18,23)(H2,17,24,25);/q;;+2/p-2. The van der Waals surface area contributed by atoms with Crippen LogP contribution in [-0.4, -0.2) is 62.5 Å². The molecule has 0 saturated carbocycles. The number of nitrogens with two attached hydrogens (primary N) is 2. The number of carbonyl (C=O) groups is 2. The second-order valence-corrected chi connectivity index (χ2v) is 13.5. The van der Waals surface area contributed by atoms with Gasteiger partial charge in [-0.3, -0.25) is 19.6 Å². The van der Waals surface area contributed by atoms with Gasteiger partial charge in [-0.1, -0.05) is 36.4 Å². The minimum atomic E-state index is -4.02. The third kappa shape index (κ3) is 13.4. The molecule has 279 valence electrons. The Labute approximate surface area is 313 Å². The van der Waals surface area contributed by atoms with Gasteiger partial charge in [0.25, 0.3) is 0 Å². The molecule has 0 aromatic heterocycles. The van der Waals surface area contributed by atoms with E-state index in [1.807, 2.05) is 0 Å². The number of ketones is 2. The van der Waals surface area contributed by atoms with Crippen molar-refractivity contribution in [2.24, 2.45) is 40.7 Å². The number of hydrogen-bond donors (Lipinski definition) is 4. The number of aromatic hydroxyl groups is 2. The molecule has 0 aliphatic rings. The molecule has 2 atom stereocenters. The number of rotatable bonds is 12. The van der Waals surface area contributed by atoms with Crippen LogP contribution in [0.1, 0.15) is 13.8 Å². The van der Waals surface area contributed by atoms with E-state index < -0.39 is 67.0 Å². The first-order chi connectivity index (χ1) is 24.4. The van der Waals surface area contributed by atoms with Crippen LogP contribution in [0.5, 0.6) is 11.5 Å². The van der Waals surface area contributed by atoms with Gasteiger partial charge in [0, 0.05) is 0 Å². The molecule has 0 fully saturated rings. The van der Waals surface area contributed by atoms with Gasteiger partial charge in [0.1, 0.15) is 22.9 Å². The second-order valence-electron chi connectivity index (χ2n) is 10.4. The van der Waals surface area contributed by atoms with Gasteiger partial charge in [-0.05, 0) is 86.3 Å². The number of Topliss-reactive ketones (excluding diaryl/α,β-unsaturated/α-hetero) is 2. The summed E-state index contributed by atoms with van der Waals surface area (Å²) in [4.78, 5) is 30.3. The van der Waals surface area contributed by atoms with Crippen LogP contribution >= 0.6 is 0 Å². The van der Waals surface area contributed by atoms with Crippen molar-refractivity contribution in [1.82, 2.24) is 0 Å². The van der Waals surface area contributed by atoms with E-state index in [0.29, 0.717) is 11.4 Å². The van der Waals surface area contributed by atoms with Crippen molar-refractivity contribution in [2.45, 2.75) is 35.7 Å². The van der Waals surface area contributed by atoms with Gasteiger partial charge >= 0.3 is 16.8 Å². The van der Waals surface area contributed by atoms with Crippen molar-refractivity contribution < 1.29 is 63.6 Å². The fraction of sp³-hybridized carbons (Fsp3) is 0.125. The summed E-state index contributed by atoms with van der Waals surface area (Å²) in [7, 11) is -8.04. The summed E-state index contributed by atoms with van der Waals surface area (Å²) in [5, 5.41) is 68.3. The first-order valence-electron chi connectivity index (χ1n) is 14.5. The van der Waals surface area contributed by atoms with Gasteiger partial charge in [-0.25, -0.2) is 27.1 Å². The molecule has 0 aliphatic heterocycles. The number of aliphatic imine (C=N–C) groups is 2. The molecule has 2 unspecified atom stereocenters. The van der Waals surface area contributed by atoms with E-state index in [0.717, 1.165) is 50.2 Å². The number of phenols is 2. The largest absolute Gasteiger partial charge is 2.00 e. The Balaban J connectivity index is 0.000000360. The predicted molar refractivity (Wildman–Crippen MR) is 184 cm³/mol. The van der Waals surface area contributed by atoms with Crippen molar-refractivity contribution in [3.05, 3.63) is 97.1 Å². The molecule has 21 heteroatoms. The summed E-state index contributed by atoms with van der Waals surface area (Å²) in [6.07, 6.45) is 0. The molecule has 0 bridgehead atoms. The third-order valence-electron chi connectivity index (χ3n) is 6.34. The van der Waals surface area contributed by atoms with Crippen LogP contribution < -0.4 is 20.5 Å². The van der Waals surface area contributed by atoms with Crippen LogP contribution in [0, 0.1) is 0 Å². The number of carbonyl (C=O) groups excluding carboxylic acids is 2. The first-order valence-corrected chi connectivity index (χ1v) is 17.6. The van der Waals surface area contributed by atoms with Crippen molar-refractivity contribution in [1.29, 1.82) is 0 Å². The maximum absolute atomic E-state index is 12.2. The summed E-state index contributed by atoms with van der Waals surface area (Å²) < 4.78 is 45.4. The van der Waals surface area contributed by atoms with Gasteiger partial charge in [0.2, 0.25) is 20.0 Å². The van der Waals surface area contributed by atoms with E-state index in [2.05, 4.69) is 30.4 Å². The molecule has 0 heterocycles. The van der Waals surface area contributed by atoms with Crippen molar-refractivity contribution >= 4 is 66.2 Å². The molecule has 0 spiro atoms. The number of phenolic OH excluding ortho intramolecular Hbond substituents is 2. The number of sulfonamides is 2.